The lowest BCUT2D eigenvalue weighted by Crippen LogP contribution is -2.47. The predicted octanol–water partition coefficient (Wildman–Crippen LogP) is 0.423. The molecule has 1 saturated carbocycles. The maximum Gasteiger partial charge on any atom is 0.328 e. The van der Waals surface area contributed by atoms with Gasteiger partial charge in [0, 0.05) is 19.8 Å². The largest absolute Gasteiger partial charge is 0.467 e. The number of ether oxygens (including phenoxy) is 1. The first-order valence-corrected chi connectivity index (χ1v) is 5.41. The number of amides is 1. The summed E-state index contributed by atoms with van der Waals surface area (Å²) in [6, 6.07) is -0.688. The molecule has 0 bridgehead atoms. The molecule has 0 heterocycles. The van der Waals surface area contributed by atoms with Crippen molar-refractivity contribution in [1.82, 2.24) is 5.32 Å². The first-order chi connectivity index (χ1) is 7.54. The predicted molar refractivity (Wildman–Crippen MR) is 56.6 cm³/mol. The van der Waals surface area contributed by atoms with Crippen molar-refractivity contribution in [3.8, 4) is 0 Å². The SMILES string of the molecule is COC(=O)[C@@H](NC(C)=O)[C@@H]1CCCC(=O)C1. The Labute approximate surface area is 94.5 Å². The summed E-state index contributed by atoms with van der Waals surface area (Å²) in [5.74, 6) is -0.739. The molecule has 0 aromatic rings. The van der Waals surface area contributed by atoms with Gasteiger partial charge in [-0.1, -0.05) is 0 Å². The summed E-state index contributed by atoms with van der Waals surface area (Å²) < 4.78 is 4.64. The number of carbonyl (C=O) groups is 3. The van der Waals surface area contributed by atoms with E-state index in [-0.39, 0.29) is 17.6 Å². The van der Waals surface area contributed by atoms with Gasteiger partial charge in [0.05, 0.1) is 7.11 Å². The summed E-state index contributed by atoms with van der Waals surface area (Å²) in [6.07, 6.45) is 2.47. The van der Waals surface area contributed by atoms with Crippen molar-refractivity contribution >= 4 is 17.7 Å². The second-order valence-corrected chi connectivity index (χ2v) is 4.10. The van der Waals surface area contributed by atoms with Crippen LogP contribution in [0.25, 0.3) is 0 Å². The molecule has 1 fully saturated rings. The molecule has 2 atom stereocenters. The van der Waals surface area contributed by atoms with Crippen LogP contribution in [-0.2, 0) is 19.1 Å². The molecule has 0 saturated heterocycles. The van der Waals surface area contributed by atoms with Crippen molar-refractivity contribution < 1.29 is 19.1 Å². The molecular weight excluding hydrogens is 210 g/mol. The topological polar surface area (TPSA) is 72.5 Å². The fraction of sp³-hybridized carbons (Fsp3) is 0.727. The monoisotopic (exact) mass is 227 g/mol. The van der Waals surface area contributed by atoms with Crippen molar-refractivity contribution in [1.29, 1.82) is 0 Å². The molecule has 1 rings (SSSR count). The van der Waals surface area contributed by atoms with Gasteiger partial charge in [0.1, 0.15) is 11.8 Å². The summed E-state index contributed by atoms with van der Waals surface area (Å²) in [7, 11) is 1.28. The lowest BCUT2D eigenvalue weighted by Gasteiger charge is -2.27. The number of esters is 1. The third-order valence-corrected chi connectivity index (χ3v) is 2.81. The van der Waals surface area contributed by atoms with E-state index in [0.717, 1.165) is 12.8 Å². The Morgan fingerprint density at radius 3 is 2.69 bits per heavy atom. The van der Waals surface area contributed by atoms with Gasteiger partial charge in [-0.2, -0.15) is 0 Å². The van der Waals surface area contributed by atoms with E-state index in [1.165, 1.54) is 14.0 Å². The standard InChI is InChI=1S/C11H17NO4/c1-7(13)12-10(11(15)16-2)8-4-3-5-9(14)6-8/h8,10H,3-6H2,1-2H3,(H,12,13)/t8-,10+/m1/s1. The minimum Gasteiger partial charge on any atom is -0.467 e. The molecule has 5 nitrogen and oxygen atoms in total. The van der Waals surface area contributed by atoms with Gasteiger partial charge in [-0.25, -0.2) is 4.79 Å². The molecule has 1 aliphatic carbocycles. The molecule has 1 N–H and O–H groups in total. The minimum absolute atomic E-state index is 0.127. The average Bonchev–Trinajstić information content (AvgIpc) is 2.24. The molecule has 16 heavy (non-hydrogen) atoms. The Hall–Kier alpha value is -1.39. The molecule has 90 valence electrons. The van der Waals surface area contributed by atoms with Gasteiger partial charge < -0.3 is 10.1 Å². The van der Waals surface area contributed by atoms with Crippen LogP contribution in [0, 0.1) is 5.92 Å². The first-order valence-electron chi connectivity index (χ1n) is 5.41. The molecule has 5 heteroatoms. The number of carbonyl (C=O) groups excluding carboxylic acids is 3. The van der Waals surface area contributed by atoms with Crippen molar-refractivity contribution in [2.75, 3.05) is 7.11 Å². The van der Waals surface area contributed by atoms with Crippen molar-refractivity contribution in [3.05, 3.63) is 0 Å². The summed E-state index contributed by atoms with van der Waals surface area (Å²) in [5, 5.41) is 2.56. The molecule has 0 unspecified atom stereocenters. The molecule has 0 spiro atoms. The van der Waals surface area contributed by atoms with Gasteiger partial charge >= 0.3 is 5.97 Å². The minimum atomic E-state index is -0.688. The van der Waals surface area contributed by atoms with Crippen molar-refractivity contribution in [2.45, 2.75) is 38.6 Å². The summed E-state index contributed by atoms with van der Waals surface area (Å²) in [4.78, 5) is 33.8. The fourth-order valence-electron chi connectivity index (χ4n) is 2.06. The smallest absolute Gasteiger partial charge is 0.328 e. The highest BCUT2D eigenvalue weighted by atomic mass is 16.5. The van der Waals surface area contributed by atoms with Crippen molar-refractivity contribution in [3.63, 3.8) is 0 Å². The Balaban J connectivity index is 2.70. The van der Waals surface area contributed by atoms with E-state index < -0.39 is 12.0 Å². The lowest BCUT2D eigenvalue weighted by molar-refractivity contribution is -0.147. The summed E-state index contributed by atoms with van der Waals surface area (Å²) in [6.45, 7) is 1.35. The number of ketones is 1. The van der Waals surface area contributed by atoms with E-state index in [0.29, 0.717) is 12.8 Å². The van der Waals surface area contributed by atoms with Gasteiger partial charge in [0.15, 0.2) is 0 Å². The number of methoxy groups -OCH3 is 1. The zero-order valence-corrected chi connectivity index (χ0v) is 9.62. The van der Waals surface area contributed by atoms with Crippen LogP contribution < -0.4 is 5.32 Å². The highest BCUT2D eigenvalue weighted by Gasteiger charge is 2.33. The number of hydrogen-bond donors (Lipinski definition) is 1. The van der Waals surface area contributed by atoms with E-state index >= 15 is 0 Å². The number of hydrogen-bond acceptors (Lipinski definition) is 4. The zero-order valence-electron chi connectivity index (χ0n) is 9.62. The maximum atomic E-state index is 11.5. The maximum absolute atomic E-state index is 11.5. The van der Waals surface area contributed by atoms with Crippen LogP contribution in [0.2, 0.25) is 0 Å². The summed E-state index contributed by atoms with van der Waals surface area (Å²) >= 11 is 0. The Morgan fingerprint density at radius 1 is 1.50 bits per heavy atom. The van der Waals surface area contributed by atoms with Crippen LogP contribution in [-0.4, -0.2) is 30.8 Å². The quantitative estimate of drug-likeness (QED) is 0.709. The van der Waals surface area contributed by atoms with E-state index in [4.69, 9.17) is 0 Å². The number of Topliss-reactive ketones (excluding diaryl/α,β-unsaturated/α-hetero) is 1. The van der Waals surface area contributed by atoms with Gasteiger partial charge in [-0.15, -0.1) is 0 Å². The Bertz CT molecular complexity index is 300. The van der Waals surface area contributed by atoms with Crippen LogP contribution in [0.3, 0.4) is 0 Å². The fourth-order valence-corrected chi connectivity index (χ4v) is 2.06. The van der Waals surface area contributed by atoms with Crippen LogP contribution in [0.1, 0.15) is 32.6 Å². The first kappa shape index (κ1) is 12.7. The molecular formula is C11H17NO4. The highest BCUT2D eigenvalue weighted by molar-refractivity contribution is 5.85. The third-order valence-electron chi connectivity index (χ3n) is 2.81. The van der Waals surface area contributed by atoms with E-state index in [9.17, 15) is 14.4 Å². The van der Waals surface area contributed by atoms with Gasteiger partial charge in [-0.05, 0) is 18.8 Å². The lowest BCUT2D eigenvalue weighted by atomic mass is 9.83. The Kier molecular flexibility index (Phi) is 4.46. The van der Waals surface area contributed by atoms with Crippen LogP contribution in [0.5, 0.6) is 0 Å². The van der Waals surface area contributed by atoms with Gasteiger partial charge in [-0.3, -0.25) is 9.59 Å². The van der Waals surface area contributed by atoms with Crippen LogP contribution in [0.4, 0.5) is 0 Å². The van der Waals surface area contributed by atoms with Crippen LogP contribution in [0.15, 0.2) is 0 Å². The van der Waals surface area contributed by atoms with E-state index in [2.05, 4.69) is 10.1 Å². The van der Waals surface area contributed by atoms with E-state index in [1.54, 1.807) is 0 Å². The zero-order chi connectivity index (χ0) is 12.1. The van der Waals surface area contributed by atoms with Crippen LogP contribution >= 0.6 is 0 Å². The normalized spacial score (nSPS) is 22.4. The average molecular weight is 227 g/mol. The summed E-state index contributed by atoms with van der Waals surface area (Å²) in [5.41, 5.74) is 0. The molecule has 0 aromatic heterocycles. The van der Waals surface area contributed by atoms with Crippen molar-refractivity contribution in [2.24, 2.45) is 5.92 Å². The second-order valence-electron chi connectivity index (χ2n) is 4.10. The molecule has 1 aliphatic rings. The second kappa shape index (κ2) is 5.63. The number of nitrogens with one attached hydrogen (secondary N) is 1. The molecule has 0 radical (unpaired) electrons. The molecule has 1 amide bonds. The third kappa shape index (κ3) is 3.32. The van der Waals surface area contributed by atoms with Gasteiger partial charge in [0.25, 0.3) is 0 Å². The highest BCUT2D eigenvalue weighted by Crippen LogP contribution is 2.25. The van der Waals surface area contributed by atoms with E-state index in [1.807, 2.05) is 0 Å². The molecule has 0 aliphatic heterocycles. The number of rotatable bonds is 3. The van der Waals surface area contributed by atoms with Gasteiger partial charge in [0.2, 0.25) is 5.91 Å². The molecule has 0 aromatic carbocycles. The Morgan fingerprint density at radius 2 is 2.19 bits per heavy atom.